The number of fused-ring (bicyclic) bond motifs is 2. The summed E-state index contributed by atoms with van der Waals surface area (Å²) in [6.45, 7) is 4.46. The van der Waals surface area contributed by atoms with E-state index in [1.165, 1.54) is 0 Å². The van der Waals surface area contributed by atoms with Crippen molar-refractivity contribution in [2.45, 2.75) is 26.3 Å². The average molecular weight is 470 g/mol. The van der Waals surface area contributed by atoms with Gasteiger partial charge in [-0.05, 0) is 78.7 Å². The van der Waals surface area contributed by atoms with E-state index in [1.807, 2.05) is 44.2 Å². The number of aromatic amines is 1. The minimum atomic E-state index is -0.597. The fourth-order valence-electron chi connectivity index (χ4n) is 5.06. The predicted octanol–water partition coefficient (Wildman–Crippen LogP) is 4.35. The Hall–Kier alpha value is -4.13. The highest BCUT2D eigenvalue weighted by atomic mass is 16.5. The van der Waals surface area contributed by atoms with Crippen LogP contribution >= 0.6 is 0 Å². The molecule has 0 fully saturated rings. The molecule has 0 spiro atoms. The third kappa shape index (κ3) is 3.93. The number of methoxy groups -OCH3 is 2. The number of aryl methyl sites for hydroxylation is 2. The molecule has 3 heterocycles. The van der Waals surface area contributed by atoms with Gasteiger partial charge in [-0.1, -0.05) is 11.6 Å². The molecule has 1 aliphatic rings. The molecule has 1 aliphatic heterocycles. The van der Waals surface area contributed by atoms with E-state index in [4.69, 9.17) is 9.47 Å². The predicted molar refractivity (Wildman–Crippen MR) is 134 cm³/mol. The van der Waals surface area contributed by atoms with Crippen LogP contribution in [0.25, 0.3) is 10.9 Å². The van der Waals surface area contributed by atoms with Gasteiger partial charge in [0, 0.05) is 24.5 Å². The molecule has 0 saturated carbocycles. The normalized spacial score (nSPS) is 15.1. The van der Waals surface area contributed by atoms with Crippen LogP contribution in [0.4, 0.5) is 0 Å². The molecule has 1 amide bonds. The Balaban J connectivity index is 1.76. The van der Waals surface area contributed by atoms with Crippen LogP contribution in [-0.4, -0.2) is 41.5 Å². The highest BCUT2D eigenvalue weighted by Gasteiger charge is 2.35. The summed E-state index contributed by atoms with van der Waals surface area (Å²) >= 11 is 0. The zero-order valence-corrected chi connectivity index (χ0v) is 20.2. The second-order valence-electron chi connectivity index (χ2n) is 8.90. The lowest BCUT2D eigenvalue weighted by atomic mass is 9.87. The highest BCUT2D eigenvalue weighted by Crippen LogP contribution is 2.41. The summed E-state index contributed by atoms with van der Waals surface area (Å²) in [7, 11) is 3.18. The van der Waals surface area contributed by atoms with E-state index in [2.05, 4.69) is 9.97 Å². The van der Waals surface area contributed by atoms with Crippen molar-refractivity contribution < 1.29 is 14.3 Å². The number of carbonyl (C=O) groups excluding carboxylic acids is 1. The maximum absolute atomic E-state index is 13.7. The van der Waals surface area contributed by atoms with Gasteiger partial charge in [0.15, 0.2) is 11.5 Å². The van der Waals surface area contributed by atoms with E-state index in [-0.39, 0.29) is 11.5 Å². The van der Waals surface area contributed by atoms with Gasteiger partial charge in [0.25, 0.3) is 11.5 Å². The summed E-state index contributed by atoms with van der Waals surface area (Å²) < 4.78 is 11.1. The van der Waals surface area contributed by atoms with Crippen molar-refractivity contribution in [2.24, 2.45) is 0 Å². The molecular weight excluding hydrogens is 442 g/mol. The van der Waals surface area contributed by atoms with Crippen LogP contribution < -0.4 is 15.0 Å². The Labute approximate surface area is 203 Å². The molecule has 1 N–H and O–H groups in total. The van der Waals surface area contributed by atoms with Gasteiger partial charge < -0.3 is 19.4 Å². The molecule has 2 aromatic heterocycles. The highest BCUT2D eigenvalue weighted by molar-refractivity contribution is 5.95. The fraction of sp³-hybridized carbons (Fsp3) is 0.250. The maximum Gasteiger partial charge on any atom is 0.256 e. The van der Waals surface area contributed by atoms with E-state index in [1.54, 1.807) is 43.6 Å². The first-order valence-corrected chi connectivity index (χ1v) is 11.5. The van der Waals surface area contributed by atoms with Crippen LogP contribution in [0.5, 0.6) is 11.5 Å². The number of rotatable bonds is 4. The van der Waals surface area contributed by atoms with Gasteiger partial charge in [0.2, 0.25) is 0 Å². The number of hydrogen-bond donors (Lipinski definition) is 1. The Bertz CT molecular complexity index is 1490. The molecule has 0 unspecified atom stereocenters. The Kier molecular flexibility index (Phi) is 5.76. The van der Waals surface area contributed by atoms with Crippen molar-refractivity contribution in [1.29, 1.82) is 0 Å². The maximum atomic E-state index is 13.7. The summed E-state index contributed by atoms with van der Waals surface area (Å²) in [5.41, 5.74) is 5.54. The van der Waals surface area contributed by atoms with Gasteiger partial charge in [-0.25, -0.2) is 0 Å². The van der Waals surface area contributed by atoms with E-state index in [0.717, 1.165) is 33.2 Å². The van der Waals surface area contributed by atoms with Gasteiger partial charge in [-0.2, -0.15) is 0 Å². The smallest absolute Gasteiger partial charge is 0.256 e. The lowest BCUT2D eigenvalue weighted by Gasteiger charge is -2.38. The van der Waals surface area contributed by atoms with Gasteiger partial charge in [-0.3, -0.25) is 14.6 Å². The summed E-state index contributed by atoms with van der Waals surface area (Å²) in [4.78, 5) is 36.1. The number of nitrogens with zero attached hydrogens (tertiary/aromatic N) is 2. The van der Waals surface area contributed by atoms with Crippen molar-refractivity contribution in [3.05, 3.63) is 98.6 Å². The monoisotopic (exact) mass is 469 g/mol. The Morgan fingerprint density at radius 2 is 1.83 bits per heavy atom. The zero-order chi connectivity index (χ0) is 24.7. The van der Waals surface area contributed by atoms with Crippen LogP contribution in [0, 0.1) is 13.8 Å². The first-order valence-electron chi connectivity index (χ1n) is 11.5. The van der Waals surface area contributed by atoms with E-state index >= 15 is 0 Å². The third-order valence-corrected chi connectivity index (χ3v) is 6.66. The summed E-state index contributed by atoms with van der Waals surface area (Å²) in [6.07, 6.45) is 3.82. The van der Waals surface area contributed by atoms with E-state index < -0.39 is 6.04 Å². The van der Waals surface area contributed by atoms with Crippen LogP contribution in [0.3, 0.4) is 0 Å². The molecule has 0 radical (unpaired) electrons. The lowest BCUT2D eigenvalue weighted by molar-refractivity contribution is 0.0693. The molecule has 4 aromatic rings. The van der Waals surface area contributed by atoms with Gasteiger partial charge >= 0.3 is 0 Å². The molecule has 5 rings (SSSR count). The topological polar surface area (TPSA) is 84.5 Å². The second kappa shape index (κ2) is 8.91. The van der Waals surface area contributed by atoms with E-state index in [0.29, 0.717) is 35.6 Å². The quantitative estimate of drug-likeness (QED) is 0.481. The molecule has 1 atom stereocenters. The minimum absolute atomic E-state index is 0.177. The van der Waals surface area contributed by atoms with Gasteiger partial charge in [0.1, 0.15) is 0 Å². The van der Waals surface area contributed by atoms with Crippen LogP contribution in [0.1, 0.15) is 44.2 Å². The van der Waals surface area contributed by atoms with Crippen molar-refractivity contribution in [3.63, 3.8) is 0 Å². The number of pyridine rings is 2. The third-order valence-electron chi connectivity index (χ3n) is 6.66. The zero-order valence-electron chi connectivity index (χ0n) is 20.2. The molecule has 0 saturated heterocycles. The number of H-pyrrole nitrogens is 1. The SMILES string of the molecule is COc1cc2c(cc1OC)[C@@H](c1cc3cc(C)cc(C)c3[nH]c1=O)N(C(=O)c1cccnc1)CC2. The van der Waals surface area contributed by atoms with Gasteiger partial charge in [0.05, 0.1) is 31.3 Å². The van der Waals surface area contributed by atoms with Crippen LogP contribution in [0.2, 0.25) is 0 Å². The first kappa shape index (κ1) is 22.7. The molecule has 35 heavy (non-hydrogen) atoms. The molecule has 0 bridgehead atoms. The Morgan fingerprint density at radius 3 is 2.54 bits per heavy atom. The van der Waals surface area contributed by atoms with E-state index in [9.17, 15) is 9.59 Å². The average Bonchev–Trinajstić information content (AvgIpc) is 2.87. The first-order chi connectivity index (χ1) is 16.9. The summed E-state index contributed by atoms with van der Waals surface area (Å²) in [5.74, 6) is 0.995. The summed E-state index contributed by atoms with van der Waals surface area (Å²) in [5, 5.41) is 0.929. The van der Waals surface area contributed by atoms with Crippen molar-refractivity contribution in [3.8, 4) is 11.5 Å². The van der Waals surface area contributed by atoms with Crippen molar-refractivity contribution >= 4 is 16.8 Å². The summed E-state index contributed by atoms with van der Waals surface area (Å²) in [6, 6.07) is 12.7. The number of carbonyl (C=O) groups is 1. The molecule has 178 valence electrons. The Morgan fingerprint density at radius 1 is 1.06 bits per heavy atom. The number of ether oxygens (including phenoxy) is 2. The molecule has 7 nitrogen and oxygen atoms in total. The number of benzene rings is 2. The second-order valence-corrected chi connectivity index (χ2v) is 8.90. The largest absolute Gasteiger partial charge is 0.493 e. The molecule has 2 aromatic carbocycles. The van der Waals surface area contributed by atoms with Gasteiger partial charge in [-0.15, -0.1) is 0 Å². The van der Waals surface area contributed by atoms with Crippen LogP contribution in [0.15, 0.2) is 59.7 Å². The molecule has 0 aliphatic carbocycles. The lowest BCUT2D eigenvalue weighted by Crippen LogP contribution is -2.42. The number of aromatic nitrogens is 2. The number of nitrogens with one attached hydrogen (secondary N) is 1. The molecular formula is C28H27N3O4. The van der Waals surface area contributed by atoms with Crippen molar-refractivity contribution in [1.82, 2.24) is 14.9 Å². The standard InChI is InChI=1S/C28H27N3O4/c1-16-10-17(2)25-20(11-16)12-22(27(32)30-25)26-21-14-24(35-4)23(34-3)13-18(21)7-9-31(26)28(33)19-6-5-8-29-15-19/h5-6,8,10-15,26H,7,9H2,1-4H3,(H,30,32)/t26-/m0/s1. The number of amides is 1. The molecule has 7 heteroatoms. The van der Waals surface area contributed by atoms with Crippen molar-refractivity contribution in [2.75, 3.05) is 20.8 Å². The fourth-order valence-corrected chi connectivity index (χ4v) is 5.06. The number of hydrogen-bond acceptors (Lipinski definition) is 5. The van der Waals surface area contributed by atoms with Crippen LogP contribution in [-0.2, 0) is 6.42 Å². The minimum Gasteiger partial charge on any atom is -0.493 e.